The second-order valence-corrected chi connectivity index (χ2v) is 6.69. The molecule has 2 heterocycles. The van der Waals surface area contributed by atoms with Crippen molar-refractivity contribution >= 4 is 41.2 Å². The van der Waals surface area contributed by atoms with E-state index in [0.29, 0.717) is 11.4 Å². The predicted octanol–water partition coefficient (Wildman–Crippen LogP) is 2.57. The fourth-order valence-corrected chi connectivity index (χ4v) is 3.27. The van der Waals surface area contributed by atoms with Gasteiger partial charge >= 0.3 is 6.16 Å². The normalized spacial score (nSPS) is 16.4. The molecule has 2 aliphatic heterocycles. The summed E-state index contributed by atoms with van der Waals surface area (Å²) in [7, 11) is 0. The number of ether oxygens (including phenoxy) is 2. The molecule has 0 unspecified atom stereocenters. The van der Waals surface area contributed by atoms with Crippen molar-refractivity contribution in [2.24, 2.45) is 0 Å². The van der Waals surface area contributed by atoms with E-state index in [1.54, 1.807) is 0 Å². The molecule has 30 heavy (non-hydrogen) atoms. The van der Waals surface area contributed by atoms with Crippen molar-refractivity contribution in [1.29, 1.82) is 0 Å². The van der Waals surface area contributed by atoms with Crippen LogP contribution in [0.5, 0.6) is 11.5 Å². The van der Waals surface area contributed by atoms with Crippen LogP contribution in [-0.4, -0.2) is 29.8 Å². The maximum Gasteiger partial charge on any atom is 0.519 e. The minimum Gasteiger partial charge on any atom is -0.395 e. The average molecular weight is 408 g/mol. The second kappa shape index (κ2) is 7.78. The molecule has 0 radical (unpaired) electrons. The van der Waals surface area contributed by atoms with Crippen LogP contribution in [0.3, 0.4) is 0 Å². The maximum atomic E-state index is 12.0. The smallest absolute Gasteiger partial charge is 0.395 e. The average Bonchev–Trinajstić information content (AvgIpc) is 3.24. The van der Waals surface area contributed by atoms with E-state index in [9.17, 15) is 24.0 Å². The van der Waals surface area contributed by atoms with Crippen LogP contribution in [-0.2, 0) is 19.2 Å². The number of rotatable bonds is 4. The van der Waals surface area contributed by atoms with E-state index in [0.717, 1.165) is 9.80 Å². The Morgan fingerprint density at radius 3 is 1.17 bits per heavy atom. The van der Waals surface area contributed by atoms with Crippen LogP contribution in [0.1, 0.15) is 25.7 Å². The SMILES string of the molecule is O=C(Oc1ccc(N2C(=O)CCC2=O)cc1)Oc1ccc(N2C(=O)CCC2=O)cc1. The summed E-state index contributed by atoms with van der Waals surface area (Å²) in [6.45, 7) is 0. The molecule has 0 aliphatic carbocycles. The molecule has 0 spiro atoms. The Balaban J connectivity index is 1.36. The Morgan fingerprint density at radius 2 is 0.867 bits per heavy atom. The number of benzene rings is 2. The van der Waals surface area contributed by atoms with Gasteiger partial charge in [-0.05, 0) is 48.5 Å². The minimum atomic E-state index is -0.989. The van der Waals surface area contributed by atoms with Crippen LogP contribution in [0.4, 0.5) is 16.2 Å². The van der Waals surface area contributed by atoms with Crippen LogP contribution in [0.2, 0.25) is 0 Å². The molecular weight excluding hydrogens is 392 g/mol. The fraction of sp³-hybridized carbons (Fsp3) is 0.190. The van der Waals surface area contributed by atoms with Gasteiger partial charge in [0.15, 0.2) is 0 Å². The summed E-state index contributed by atoms with van der Waals surface area (Å²) in [5, 5.41) is 0. The molecular formula is C21H16N2O7. The van der Waals surface area contributed by atoms with Crippen molar-refractivity contribution < 1.29 is 33.4 Å². The van der Waals surface area contributed by atoms with Crippen LogP contribution in [0.15, 0.2) is 48.5 Å². The number of carbonyl (C=O) groups is 5. The molecule has 0 N–H and O–H groups in total. The molecule has 9 nitrogen and oxygen atoms in total. The molecule has 2 fully saturated rings. The molecule has 2 aromatic rings. The van der Waals surface area contributed by atoms with Gasteiger partial charge in [-0.3, -0.25) is 29.0 Å². The van der Waals surface area contributed by atoms with Crippen LogP contribution in [0, 0.1) is 0 Å². The lowest BCUT2D eigenvalue weighted by molar-refractivity contribution is -0.122. The highest BCUT2D eigenvalue weighted by Gasteiger charge is 2.31. The topological polar surface area (TPSA) is 110 Å². The lowest BCUT2D eigenvalue weighted by Crippen LogP contribution is -2.28. The second-order valence-electron chi connectivity index (χ2n) is 6.69. The maximum absolute atomic E-state index is 12.0. The first-order valence-corrected chi connectivity index (χ1v) is 9.24. The van der Waals surface area contributed by atoms with Crippen molar-refractivity contribution in [1.82, 2.24) is 0 Å². The zero-order chi connectivity index (χ0) is 21.3. The first-order chi connectivity index (χ1) is 14.4. The Kier molecular flexibility index (Phi) is 5.01. The third-order valence-electron chi connectivity index (χ3n) is 4.70. The molecule has 0 saturated carbocycles. The Hall–Kier alpha value is -4.01. The number of amides is 4. The summed E-state index contributed by atoms with van der Waals surface area (Å²) >= 11 is 0. The van der Waals surface area contributed by atoms with Crippen molar-refractivity contribution in [3.05, 3.63) is 48.5 Å². The van der Waals surface area contributed by atoms with Gasteiger partial charge in [0.2, 0.25) is 23.6 Å². The summed E-state index contributed by atoms with van der Waals surface area (Å²) < 4.78 is 10.2. The molecule has 2 aromatic carbocycles. The Bertz CT molecular complexity index is 929. The van der Waals surface area contributed by atoms with Crippen LogP contribution in [0.25, 0.3) is 0 Å². The van der Waals surface area contributed by atoms with Gasteiger partial charge in [-0.1, -0.05) is 0 Å². The fourth-order valence-electron chi connectivity index (χ4n) is 3.27. The summed E-state index contributed by atoms with van der Waals surface area (Å²) in [4.78, 5) is 61.2. The van der Waals surface area contributed by atoms with Crippen molar-refractivity contribution in [3.8, 4) is 11.5 Å². The summed E-state index contributed by atoms with van der Waals surface area (Å²) in [5.74, 6) is -0.731. The van der Waals surface area contributed by atoms with Crippen LogP contribution < -0.4 is 19.3 Å². The number of anilines is 2. The van der Waals surface area contributed by atoms with E-state index >= 15 is 0 Å². The van der Waals surface area contributed by atoms with Gasteiger partial charge in [0, 0.05) is 25.7 Å². The minimum absolute atomic E-state index is 0.174. The standard InChI is InChI=1S/C21H16N2O7/c24-17-9-10-18(25)22(17)13-1-5-15(6-2-13)29-21(28)30-16-7-3-14(4-8-16)23-19(26)11-12-20(23)27/h1-8H,9-12H2. The molecule has 4 rings (SSSR count). The molecule has 0 atom stereocenters. The van der Waals surface area contributed by atoms with E-state index in [-0.39, 0.29) is 60.8 Å². The molecule has 9 heteroatoms. The molecule has 2 aliphatic rings. The highest BCUT2D eigenvalue weighted by atomic mass is 16.7. The predicted molar refractivity (Wildman–Crippen MR) is 103 cm³/mol. The largest absolute Gasteiger partial charge is 0.519 e. The van der Waals surface area contributed by atoms with Crippen molar-refractivity contribution in [2.75, 3.05) is 9.80 Å². The highest BCUT2D eigenvalue weighted by molar-refractivity contribution is 6.20. The molecule has 152 valence electrons. The lowest BCUT2D eigenvalue weighted by Gasteiger charge is -2.14. The van der Waals surface area contributed by atoms with Gasteiger partial charge in [-0.25, -0.2) is 4.79 Å². The van der Waals surface area contributed by atoms with E-state index < -0.39 is 6.16 Å². The molecule has 4 amide bonds. The van der Waals surface area contributed by atoms with E-state index in [1.165, 1.54) is 48.5 Å². The Labute approximate surface area is 170 Å². The highest BCUT2D eigenvalue weighted by Crippen LogP contribution is 2.26. The lowest BCUT2D eigenvalue weighted by atomic mass is 10.3. The van der Waals surface area contributed by atoms with Gasteiger partial charge < -0.3 is 9.47 Å². The van der Waals surface area contributed by atoms with Crippen LogP contribution >= 0.6 is 0 Å². The number of carbonyl (C=O) groups excluding carboxylic acids is 5. The first-order valence-electron chi connectivity index (χ1n) is 9.24. The Morgan fingerprint density at radius 1 is 0.567 bits per heavy atom. The van der Waals surface area contributed by atoms with Gasteiger partial charge in [0.1, 0.15) is 11.5 Å². The van der Waals surface area contributed by atoms with Gasteiger partial charge in [0.05, 0.1) is 11.4 Å². The van der Waals surface area contributed by atoms with E-state index in [2.05, 4.69) is 0 Å². The quantitative estimate of drug-likeness (QED) is 0.434. The molecule has 0 aromatic heterocycles. The molecule has 2 saturated heterocycles. The third kappa shape index (κ3) is 3.77. The summed E-state index contributed by atoms with van der Waals surface area (Å²) in [6, 6.07) is 11.8. The number of hydrogen-bond acceptors (Lipinski definition) is 7. The number of imide groups is 2. The third-order valence-corrected chi connectivity index (χ3v) is 4.70. The zero-order valence-corrected chi connectivity index (χ0v) is 15.7. The first kappa shape index (κ1) is 19.3. The number of hydrogen-bond donors (Lipinski definition) is 0. The van der Waals surface area contributed by atoms with Gasteiger partial charge in [-0.15, -0.1) is 0 Å². The van der Waals surface area contributed by atoms with Crippen molar-refractivity contribution in [3.63, 3.8) is 0 Å². The number of nitrogens with zero attached hydrogens (tertiary/aromatic N) is 2. The van der Waals surface area contributed by atoms with E-state index in [1.807, 2.05) is 0 Å². The summed E-state index contributed by atoms with van der Waals surface area (Å²) in [6.07, 6.45) is -0.257. The van der Waals surface area contributed by atoms with E-state index in [4.69, 9.17) is 9.47 Å². The monoisotopic (exact) mass is 408 g/mol. The zero-order valence-electron chi connectivity index (χ0n) is 15.7. The van der Waals surface area contributed by atoms with Crippen molar-refractivity contribution in [2.45, 2.75) is 25.7 Å². The van der Waals surface area contributed by atoms with Gasteiger partial charge in [0.25, 0.3) is 0 Å². The molecule has 0 bridgehead atoms. The summed E-state index contributed by atoms with van der Waals surface area (Å²) in [5.41, 5.74) is 0.814. The van der Waals surface area contributed by atoms with Gasteiger partial charge in [-0.2, -0.15) is 0 Å².